The molecule has 0 aromatic carbocycles. The number of carboxylic acids is 1. The fourth-order valence-corrected chi connectivity index (χ4v) is 1.98. The summed E-state index contributed by atoms with van der Waals surface area (Å²) in [5.74, 6) is -1.97. The maximum Gasteiger partial charge on any atom is 0.411 e. The standard InChI is InChI=1S/C12H19FN2O5/c1-6(16)14-7-5-15(9(8(7)13)10(17)18)11(19)20-12(2,3)4/h7-9H,5H2,1-4H3,(H,14,16)(H,17,18)/t7-,8+,9+/m1/s1. The van der Waals surface area contributed by atoms with E-state index in [1.807, 2.05) is 0 Å². The van der Waals surface area contributed by atoms with Crippen molar-refractivity contribution in [1.29, 1.82) is 0 Å². The van der Waals surface area contributed by atoms with E-state index < -0.39 is 41.8 Å². The third kappa shape index (κ3) is 3.82. The number of amides is 2. The van der Waals surface area contributed by atoms with Crippen LogP contribution in [0.3, 0.4) is 0 Å². The van der Waals surface area contributed by atoms with Gasteiger partial charge >= 0.3 is 12.1 Å². The number of nitrogens with one attached hydrogen (secondary N) is 1. The van der Waals surface area contributed by atoms with E-state index in [0.29, 0.717) is 0 Å². The van der Waals surface area contributed by atoms with Crippen LogP contribution in [0.1, 0.15) is 27.7 Å². The number of carbonyl (C=O) groups excluding carboxylic acids is 2. The van der Waals surface area contributed by atoms with Crippen LogP contribution >= 0.6 is 0 Å². The summed E-state index contributed by atoms with van der Waals surface area (Å²) in [6.07, 6.45) is -2.80. The molecule has 0 aromatic rings. The molecule has 0 aliphatic carbocycles. The summed E-state index contributed by atoms with van der Waals surface area (Å²) in [6.45, 7) is 5.81. The molecule has 1 saturated heterocycles. The average molecular weight is 290 g/mol. The highest BCUT2D eigenvalue weighted by Crippen LogP contribution is 2.24. The van der Waals surface area contributed by atoms with Gasteiger partial charge in [0.25, 0.3) is 0 Å². The Balaban J connectivity index is 2.90. The van der Waals surface area contributed by atoms with Crippen molar-refractivity contribution in [3.63, 3.8) is 0 Å². The summed E-state index contributed by atoms with van der Waals surface area (Å²) in [4.78, 5) is 34.8. The molecule has 1 aliphatic rings. The third-order valence-corrected chi connectivity index (χ3v) is 2.68. The van der Waals surface area contributed by atoms with Gasteiger partial charge in [-0.05, 0) is 20.8 Å². The Morgan fingerprint density at radius 2 is 1.90 bits per heavy atom. The molecule has 1 heterocycles. The quantitative estimate of drug-likeness (QED) is 0.773. The van der Waals surface area contributed by atoms with Gasteiger partial charge in [-0.15, -0.1) is 0 Å². The summed E-state index contributed by atoms with van der Waals surface area (Å²) in [7, 11) is 0. The zero-order valence-corrected chi connectivity index (χ0v) is 11.8. The Hall–Kier alpha value is -1.86. The molecule has 0 radical (unpaired) electrons. The summed E-state index contributed by atoms with van der Waals surface area (Å²) < 4.78 is 19.1. The van der Waals surface area contributed by atoms with Crippen molar-refractivity contribution in [2.45, 2.75) is 51.6 Å². The Labute approximate surface area is 116 Å². The Bertz CT molecular complexity index is 421. The van der Waals surface area contributed by atoms with Crippen LogP contribution in [0, 0.1) is 0 Å². The molecule has 1 fully saturated rings. The lowest BCUT2D eigenvalue weighted by Crippen LogP contribution is -2.46. The lowest BCUT2D eigenvalue weighted by molar-refractivity contribution is -0.143. The van der Waals surface area contributed by atoms with Gasteiger partial charge in [0.2, 0.25) is 5.91 Å². The molecule has 0 unspecified atom stereocenters. The van der Waals surface area contributed by atoms with Crippen molar-refractivity contribution in [3.05, 3.63) is 0 Å². The van der Waals surface area contributed by atoms with Crippen molar-refractivity contribution >= 4 is 18.0 Å². The van der Waals surface area contributed by atoms with Crippen molar-refractivity contribution in [2.75, 3.05) is 6.54 Å². The summed E-state index contributed by atoms with van der Waals surface area (Å²) in [5.41, 5.74) is -0.821. The number of carboxylic acid groups (broad SMARTS) is 1. The van der Waals surface area contributed by atoms with Gasteiger partial charge in [0, 0.05) is 13.5 Å². The van der Waals surface area contributed by atoms with Crippen LogP contribution in [-0.4, -0.2) is 58.4 Å². The molecule has 8 heteroatoms. The van der Waals surface area contributed by atoms with Gasteiger partial charge in [-0.25, -0.2) is 14.0 Å². The average Bonchev–Trinajstić information content (AvgIpc) is 2.53. The molecule has 114 valence electrons. The molecule has 7 nitrogen and oxygen atoms in total. The molecule has 0 aromatic heterocycles. The van der Waals surface area contributed by atoms with E-state index >= 15 is 0 Å². The molecule has 0 spiro atoms. The van der Waals surface area contributed by atoms with Gasteiger partial charge in [0.15, 0.2) is 12.2 Å². The van der Waals surface area contributed by atoms with Crippen LogP contribution in [0.15, 0.2) is 0 Å². The number of aliphatic carboxylic acids is 1. The second kappa shape index (κ2) is 5.64. The molecule has 1 rings (SSSR count). The third-order valence-electron chi connectivity index (χ3n) is 2.68. The van der Waals surface area contributed by atoms with Crippen LogP contribution in [0.25, 0.3) is 0 Å². The first-order valence-electron chi connectivity index (χ1n) is 6.16. The van der Waals surface area contributed by atoms with Crippen molar-refractivity contribution < 1.29 is 28.6 Å². The highest BCUT2D eigenvalue weighted by molar-refractivity contribution is 5.82. The van der Waals surface area contributed by atoms with Gasteiger partial charge in [-0.3, -0.25) is 9.69 Å². The van der Waals surface area contributed by atoms with Crippen LogP contribution in [0.4, 0.5) is 9.18 Å². The topological polar surface area (TPSA) is 95.9 Å². The van der Waals surface area contributed by atoms with Crippen molar-refractivity contribution in [3.8, 4) is 0 Å². The monoisotopic (exact) mass is 290 g/mol. The first-order valence-corrected chi connectivity index (χ1v) is 6.16. The molecular formula is C12H19FN2O5. The molecule has 2 N–H and O–H groups in total. The fraction of sp³-hybridized carbons (Fsp3) is 0.750. The smallest absolute Gasteiger partial charge is 0.411 e. The van der Waals surface area contributed by atoms with Gasteiger partial charge < -0.3 is 15.2 Å². The molecular weight excluding hydrogens is 271 g/mol. The van der Waals surface area contributed by atoms with E-state index in [9.17, 15) is 18.8 Å². The second-order valence-electron chi connectivity index (χ2n) is 5.67. The number of hydrogen-bond donors (Lipinski definition) is 2. The minimum absolute atomic E-state index is 0.243. The maximum absolute atomic E-state index is 14.1. The molecule has 3 atom stereocenters. The Morgan fingerprint density at radius 1 is 1.35 bits per heavy atom. The number of hydrogen-bond acceptors (Lipinski definition) is 4. The lowest BCUT2D eigenvalue weighted by atomic mass is 10.1. The van der Waals surface area contributed by atoms with E-state index in [-0.39, 0.29) is 6.54 Å². The first-order chi connectivity index (χ1) is 9.03. The fourth-order valence-electron chi connectivity index (χ4n) is 1.98. The lowest BCUT2D eigenvalue weighted by Gasteiger charge is -2.26. The number of alkyl halides is 1. The molecule has 20 heavy (non-hydrogen) atoms. The predicted octanol–water partition coefficient (Wildman–Crippen LogP) is 0.533. The number of nitrogens with zero attached hydrogens (tertiary/aromatic N) is 1. The van der Waals surface area contributed by atoms with Crippen LogP contribution < -0.4 is 5.32 Å². The van der Waals surface area contributed by atoms with Crippen molar-refractivity contribution in [2.24, 2.45) is 0 Å². The van der Waals surface area contributed by atoms with Crippen molar-refractivity contribution in [1.82, 2.24) is 10.2 Å². The first kappa shape index (κ1) is 16.2. The predicted molar refractivity (Wildman–Crippen MR) is 66.9 cm³/mol. The molecule has 0 saturated carbocycles. The summed E-state index contributed by atoms with van der Waals surface area (Å²) in [6, 6.07) is -2.72. The number of ether oxygens (including phenoxy) is 1. The summed E-state index contributed by atoms with van der Waals surface area (Å²) >= 11 is 0. The number of rotatable bonds is 2. The SMILES string of the molecule is CC(=O)N[C@@H]1CN(C(=O)OC(C)(C)C)[C@H](C(=O)O)[C@H]1F. The zero-order valence-electron chi connectivity index (χ0n) is 11.8. The van der Waals surface area contributed by atoms with E-state index in [1.165, 1.54) is 6.92 Å². The minimum Gasteiger partial charge on any atom is -0.480 e. The van der Waals surface area contributed by atoms with E-state index in [4.69, 9.17) is 9.84 Å². The largest absolute Gasteiger partial charge is 0.480 e. The Morgan fingerprint density at radius 3 is 2.30 bits per heavy atom. The highest BCUT2D eigenvalue weighted by atomic mass is 19.1. The molecule has 2 amide bonds. The van der Waals surface area contributed by atoms with Gasteiger partial charge in [-0.1, -0.05) is 0 Å². The number of likely N-dealkylation sites (tertiary alicyclic amines) is 1. The molecule has 0 bridgehead atoms. The van der Waals surface area contributed by atoms with Gasteiger partial charge in [-0.2, -0.15) is 0 Å². The normalized spacial score (nSPS) is 26.2. The van der Waals surface area contributed by atoms with E-state index in [2.05, 4.69) is 5.32 Å². The van der Waals surface area contributed by atoms with Crippen LogP contribution in [-0.2, 0) is 14.3 Å². The number of halogens is 1. The summed E-state index contributed by atoms with van der Waals surface area (Å²) in [5, 5.41) is 11.3. The molecule has 1 aliphatic heterocycles. The number of carbonyl (C=O) groups is 3. The van der Waals surface area contributed by atoms with E-state index in [0.717, 1.165) is 4.90 Å². The van der Waals surface area contributed by atoms with E-state index in [1.54, 1.807) is 20.8 Å². The highest BCUT2D eigenvalue weighted by Gasteiger charge is 2.50. The Kier molecular flexibility index (Phi) is 4.57. The van der Waals surface area contributed by atoms with Gasteiger partial charge in [0.1, 0.15) is 5.60 Å². The minimum atomic E-state index is -1.89. The maximum atomic E-state index is 14.1. The van der Waals surface area contributed by atoms with Crippen LogP contribution in [0.5, 0.6) is 0 Å². The van der Waals surface area contributed by atoms with Gasteiger partial charge in [0.05, 0.1) is 6.04 Å². The zero-order chi connectivity index (χ0) is 15.7. The van der Waals surface area contributed by atoms with Crippen LogP contribution in [0.2, 0.25) is 0 Å². The second-order valence-corrected chi connectivity index (χ2v) is 5.67.